The number of rotatable bonds is 4. The van der Waals surface area contributed by atoms with Gasteiger partial charge in [-0.2, -0.15) is 0 Å². The summed E-state index contributed by atoms with van der Waals surface area (Å²) in [6, 6.07) is 8.19. The van der Waals surface area contributed by atoms with Crippen LogP contribution in [0.25, 0.3) is 0 Å². The molecule has 0 amide bonds. The van der Waals surface area contributed by atoms with Crippen molar-refractivity contribution in [3.63, 3.8) is 0 Å². The Hall–Kier alpha value is -1.51. The molecular weight excluding hydrogens is 262 g/mol. The second-order valence-corrected chi connectivity index (χ2v) is 6.49. The van der Waals surface area contributed by atoms with Gasteiger partial charge in [-0.25, -0.2) is 4.79 Å². The van der Waals surface area contributed by atoms with Crippen molar-refractivity contribution in [2.75, 3.05) is 5.32 Å². The van der Waals surface area contributed by atoms with Gasteiger partial charge in [-0.15, -0.1) is 0 Å². The maximum absolute atomic E-state index is 11.8. The Balaban J connectivity index is 1.91. The van der Waals surface area contributed by atoms with Crippen LogP contribution in [-0.2, 0) is 4.74 Å². The van der Waals surface area contributed by atoms with E-state index in [-0.39, 0.29) is 12.1 Å². The lowest BCUT2D eigenvalue weighted by Gasteiger charge is -2.18. The van der Waals surface area contributed by atoms with E-state index in [1.807, 2.05) is 38.1 Å². The predicted molar refractivity (Wildman–Crippen MR) is 86.7 cm³/mol. The molecule has 1 fully saturated rings. The summed E-state index contributed by atoms with van der Waals surface area (Å²) >= 11 is 0. The second-order valence-electron chi connectivity index (χ2n) is 6.49. The lowest BCUT2D eigenvalue weighted by molar-refractivity contribution is 0.0378. The third-order valence-electron chi connectivity index (χ3n) is 4.09. The molecule has 0 radical (unpaired) electrons. The van der Waals surface area contributed by atoms with E-state index in [2.05, 4.69) is 12.2 Å². The van der Waals surface area contributed by atoms with Gasteiger partial charge in [0.1, 0.15) is 0 Å². The van der Waals surface area contributed by atoms with Crippen LogP contribution in [-0.4, -0.2) is 18.1 Å². The SMILES string of the molecule is CC1CCCC(Nc2ccc(C(=O)OC(C)C)cc2)CC1. The van der Waals surface area contributed by atoms with Gasteiger partial charge in [-0.1, -0.05) is 19.8 Å². The number of esters is 1. The molecule has 0 aromatic heterocycles. The molecule has 0 bridgehead atoms. The molecule has 1 N–H and O–H groups in total. The molecule has 116 valence electrons. The lowest BCUT2D eigenvalue weighted by Crippen LogP contribution is -2.18. The van der Waals surface area contributed by atoms with E-state index < -0.39 is 0 Å². The highest BCUT2D eigenvalue weighted by Crippen LogP contribution is 2.25. The Morgan fingerprint density at radius 1 is 1.14 bits per heavy atom. The van der Waals surface area contributed by atoms with Crippen molar-refractivity contribution in [2.45, 2.75) is 65.0 Å². The summed E-state index contributed by atoms with van der Waals surface area (Å²) in [5, 5.41) is 3.60. The van der Waals surface area contributed by atoms with E-state index in [9.17, 15) is 4.79 Å². The molecule has 0 saturated heterocycles. The smallest absolute Gasteiger partial charge is 0.338 e. The molecule has 1 aliphatic rings. The highest BCUT2D eigenvalue weighted by Gasteiger charge is 2.16. The van der Waals surface area contributed by atoms with Crippen LogP contribution >= 0.6 is 0 Å². The normalized spacial score (nSPS) is 22.7. The molecule has 21 heavy (non-hydrogen) atoms. The largest absolute Gasteiger partial charge is 0.459 e. The summed E-state index contributed by atoms with van der Waals surface area (Å²) < 4.78 is 5.20. The minimum absolute atomic E-state index is 0.0803. The fourth-order valence-corrected chi connectivity index (χ4v) is 2.85. The standard InChI is InChI=1S/C18H27NO2/c1-13(2)21-18(20)15-8-11-17(12-9-15)19-16-6-4-5-14(3)7-10-16/h8-9,11-14,16,19H,4-7,10H2,1-3H3. The van der Waals surface area contributed by atoms with Crippen molar-refractivity contribution in [3.8, 4) is 0 Å². The van der Waals surface area contributed by atoms with Crippen molar-refractivity contribution < 1.29 is 9.53 Å². The first kappa shape index (κ1) is 15.9. The van der Waals surface area contributed by atoms with Crippen molar-refractivity contribution >= 4 is 11.7 Å². The highest BCUT2D eigenvalue weighted by atomic mass is 16.5. The summed E-state index contributed by atoms with van der Waals surface area (Å²) in [5.74, 6) is 0.602. The molecule has 3 nitrogen and oxygen atoms in total. The molecule has 1 saturated carbocycles. The van der Waals surface area contributed by atoms with Gasteiger partial charge < -0.3 is 10.1 Å². The van der Waals surface area contributed by atoms with Gasteiger partial charge in [0.15, 0.2) is 0 Å². The van der Waals surface area contributed by atoms with Gasteiger partial charge >= 0.3 is 5.97 Å². The maximum Gasteiger partial charge on any atom is 0.338 e. The number of anilines is 1. The predicted octanol–water partition coefficient (Wildman–Crippen LogP) is 4.63. The zero-order valence-electron chi connectivity index (χ0n) is 13.4. The minimum atomic E-state index is -0.250. The van der Waals surface area contributed by atoms with E-state index in [1.54, 1.807) is 0 Å². The second kappa shape index (κ2) is 7.48. The number of hydrogen-bond acceptors (Lipinski definition) is 3. The third kappa shape index (κ3) is 5.07. The minimum Gasteiger partial charge on any atom is -0.459 e. The van der Waals surface area contributed by atoms with Crippen molar-refractivity contribution in [2.24, 2.45) is 5.92 Å². The maximum atomic E-state index is 11.8. The summed E-state index contributed by atoms with van der Waals surface area (Å²) in [6.07, 6.45) is 6.34. The molecule has 1 aliphatic carbocycles. The van der Waals surface area contributed by atoms with Crippen LogP contribution in [0.4, 0.5) is 5.69 Å². The van der Waals surface area contributed by atoms with Gasteiger partial charge in [-0.05, 0) is 63.3 Å². The summed E-state index contributed by atoms with van der Waals surface area (Å²) in [4.78, 5) is 11.8. The number of ether oxygens (including phenoxy) is 1. The Bertz CT molecular complexity index is 453. The molecule has 2 rings (SSSR count). The van der Waals surface area contributed by atoms with Crippen LogP contribution in [0, 0.1) is 5.92 Å². The van der Waals surface area contributed by atoms with Crippen LogP contribution in [0.2, 0.25) is 0 Å². The number of hydrogen-bond donors (Lipinski definition) is 1. The highest BCUT2D eigenvalue weighted by molar-refractivity contribution is 5.89. The van der Waals surface area contributed by atoms with E-state index in [1.165, 1.54) is 32.1 Å². The first-order valence-corrected chi connectivity index (χ1v) is 8.12. The molecule has 0 heterocycles. The van der Waals surface area contributed by atoms with Crippen molar-refractivity contribution in [1.29, 1.82) is 0 Å². The first-order chi connectivity index (χ1) is 10.0. The summed E-state index contributed by atoms with van der Waals surface area (Å²) in [6.45, 7) is 6.07. The number of benzene rings is 1. The quantitative estimate of drug-likeness (QED) is 0.648. The molecule has 3 heteroatoms. The molecule has 2 atom stereocenters. The fraction of sp³-hybridized carbons (Fsp3) is 0.611. The van der Waals surface area contributed by atoms with Crippen molar-refractivity contribution in [3.05, 3.63) is 29.8 Å². The average molecular weight is 289 g/mol. The van der Waals surface area contributed by atoms with Gasteiger partial charge in [0.05, 0.1) is 11.7 Å². The molecular formula is C18H27NO2. The average Bonchev–Trinajstić information content (AvgIpc) is 2.64. The summed E-state index contributed by atoms with van der Waals surface area (Å²) in [5.41, 5.74) is 1.71. The van der Waals surface area contributed by atoms with Gasteiger partial charge in [0, 0.05) is 11.7 Å². The summed E-state index contributed by atoms with van der Waals surface area (Å²) in [7, 11) is 0. The monoisotopic (exact) mass is 289 g/mol. The van der Waals surface area contributed by atoms with Crippen LogP contribution in [0.1, 0.15) is 63.2 Å². The topological polar surface area (TPSA) is 38.3 Å². The number of carbonyl (C=O) groups excluding carboxylic acids is 1. The van der Waals surface area contributed by atoms with Gasteiger partial charge in [0.25, 0.3) is 0 Å². The van der Waals surface area contributed by atoms with E-state index >= 15 is 0 Å². The Labute approximate surface area is 128 Å². The zero-order valence-corrected chi connectivity index (χ0v) is 13.4. The van der Waals surface area contributed by atoms with Crippen LogP contribution in [0.3, 0.4) is 0 Å². The van der Waals surface area contributed by atoms with Crippen LogP contribution in [0.5, 0.6) is 0 Å². The van der Waals surface area contributed by atoms with Crippen molar-refractivity contribution in [1.82, 2.24) is 0 Å². The molecule has 0 spiro atoms. The van der Waals surface area contributed by atoms with E-state index in [0.29, 0.717) is 11.6 Å². The van der Waals surface area contributed by atoms with Crippen LogP contribution < -0.4 is 5.32 Å². The van der Waals surface area contributed by atoms with Gasteiger partial charge in [-0.3, -0.25) is 0 Å². The van der Waals surface area contributed by atoms with Gasteiger partial charge in [0.2, 0.25) is 0 Å². The van der Waals surface area contributed by atoms with E-state index in [0.717, 1.165) is 11.6 Å². The molecule has 1 aromatic rings. The Morgan fingerprint density at radius 3 is 2.52 bits per heavy atom. The fourth-order valence-electron chi connectivity index (χ4n) is 2.85. The number of nitrogens with one attached hydrogen (secondary N) is 1. The molecule has 2 unspecified atom stereocenters. The lowest BCUT2D eigenvalue weighted by atomic mass is 10.0. The Morgan fingerprint density at radius 2 is 1.86 bits per heavy atom. The first-order valence-electron chi connectivity index (χ1n) is 8.12. The van der Waals surface area contributed by atoms with E-state index in [4.69, 9.17) is 4.74 Å². The number of carbonyl (C=O) groups is 1. The molecule has 1 aromatic carbocycles. The zero-order chi connectivity index (χ0) is 15.2. The Kier molecular flexibility index (Phi) is 5.66. The molecule has 0 aliphatic heterocycles. The third-order valence-corrected chi connectivity index (χ3v) is 4.09. The van der Waals surface area contributed by atoms with Crippen LogP contribution in [0.15, 0.2) is 24.3 Å².